The van der Waals surface area contributed by atoms with Crippen LogP contribution in [0.5, 0.6) is 5.75 Å². The van der Waals surface area contributed by atoms with Crippen LogP contribution >= 0.6 is 23.2 Å². The summed E-state index contributed by atoms with van der Waals surface area (Å²) in [5.41, 5.74) is 0.633. The van der Waals surface area contributed by atoms with Gasteiger partial charge in [-0.25, -0.2) is 0 Å². The maximum Gasteiger partial charge on any atom is 0.143 e. The molecule has 0 spiro atoms. The van der Waals surface area contributed by atoms with Crippen molar-refractivity contribution in [2.45, 2.75) is 19.4 Å². The maximum absolute atomic E-state index is 9.27. The fourth-order valence-corrected chi connectivity index (χ4v) is 2.77. The Morgan fingerprint density at radius 3 is 2.61 bits per heavy atom. The second kappa shape index (κ2) is 6.62. The van der Waals surface area contributed by atoms with Gasteiger partial charge in [0.05, 0.1) is 11.6 Å². The number of likely N-dealkylation sites (tertiary alicyclic amines) is 1. The zero-order valence-electron chi connectivity index (χ0n) is 10.2. The van der Waals surface area contributed by atoms with Crippen molar-refractivity contribution < 1.29 is 9.84 Å². The van der Waals surface area contributed by atoms with Crippen molar-refractivity contribution in [1.82, 2.24) is 4.90 Å². The summed E-state index contributed by atoms with van der Waals surface area (Å²) >= 11 is 12.0. The number of ether oxygens (including phenoxy) is 1. The summed E-state index contributed by atoms with van der Waals surface area (Å²) in [5.74, 6) is 0.544. The molecule has 1 fully saturated rings. The number of nitrogens with zero attached hydrogens (tertiary/aromatic N) is 1. The number of aliphatic hydroxyl groups excluding tert-OH is 1. The zero-order chi connectivity index (χ0) is 13.0. The van der Waals surface area contributed by atoms with Crippen LogP contribution in [0.25, 0.3) is 0 Å². The van der Waals surface area contributed by atoms with Crippen LogP contribution in [-0.4, -0.2) is 36.2 Å². The van der Waals surface area contributed by atoms with Gasteiger partial charge in [0.15, 0.2) is 0 Å². The zero-order valence-corrected chi connectivity index (χ0v) is 11.7. The Kier molecular flexibility index (Phi) is 5.13. The molecule has 18 heavy (non-hydrogen) atoms. The Balaban J connectivity index is 1.95. The molecule has 100 valence electrons. The minimum absolute atomic E-state index is 0.126. The monoisotopic (exact) mass is 289 g/mol. The Labute approximate surface area is 117 Å². The van der Waals surface area contributed by atoms with E-state index >= 15 is 0 Å². The second-order valence-corrected chi connectivity index (χ2v) is 5.27. The van der Waals surface area contributed by atoms with Gasteiger partial charge in [-0.3, -0.25) is 4.90 Å². The lowest BCUT2D eigenvalue weighted by Gasteiger charge is -2.17. The molecule has 5 heteroatoms. The molecule has 1 aliphatic heterocycles. The topological polar surface area (TPSA) is 32.7 Å². The van der Waals surface area contributed by atoms with Gasteiger partial charge in [0.25, 0.3) is 0 Å². The molecule has 1 saturated heterocycles. The highest BCUT2D eigenvalue weighted by atomic mass is 35.5. The Morgan fingerprint density at radius 1 is 1.22 bits per heavy atom. The summed E-state index contributed by atoms with van der Waals surface area (Å²) in [6.45, 7) is 3.63. The van der Waals surface area contributed by atoms with Gasteiger partial charge in [0, 0.05) is 17.1 Å². The lowest BCUT2D eigenvalue weighted by Crippen LogP contribution is -2.25. The summed E-state index contributed by atoms with van der Waals surface area (Å²) < 4.78 is 5.68. The van der Waals surface area contributed by atoms with E-state index in [1.165, 1.54) is 12.8 Å². The average molecular weight is 290 g/mol. The maximum atomic E-state index is 9.27. The summed E-state index contributed by atoms with van der Waals surface area (Å²) in [6, 6.07) is 3.31. The van der Waals surface area contributed by atoms with Crippen molar-refractivity contribution in [1.29, 1.82) is 0 Å². The first-order chi connectivity index (χ1) is 8.70. The minimum Gasteiger partial charge on any atom is -0.490 e. The second-order valence-electron chi connectivity index (χ2n) is 4.43. The van der Waals surface area contributed by atoms with Crippen LogP contribution in [0.1, 0.15) is 18.4 Å². The molecule has 0 radical (unpaired) electrons. The van der Waals surface area contributed by atoms with Gasteiger partial charge in [0.1, 0.15) is 12.4 Å². The van der Waals surface area contributed by atoms with Gasteiger partial charge in [-0.05, 0) is 38.1 Å². The Bertz CT molecular complexity index is 406. The standard InChI is InChI=1S/C13H17Cl2NO2/c14-11-7-10(9-17)13(12(15)8-11)18-6-5-16-3-1-2-4-16/h7-8,17H,1-6,9H2. The van der Waals surface area contributed by atoms with Crippen LogP contribution in [0.2, 0.25) is 10.0 Å². The van der Waals surface area contributed by atoms with E-state index in [1.54, 1.807) is 12.1 Å². The quantitative estimate of drug-likeness (QED) is 0.905. The smallest absolute Gasteiger partial charge is 0.143 e. The van der Waals surface area contributed by atoms with Gasteiger partial charge < -0.3 is 9.84 Å². The largest absolute Gasteiger partial charge is 0.490 e. The van der Waals surface area contributed by atoms with Crippen molar-refractivity contribution in [3.05, 3.63) is 27.7 Å². The van der Waals surface area contributed by atoms with E-state index < -0.39 is 0 Å². The molecule has 1 aromatic rings. The lowest BCUT2D eigenvalue weighted by atomic mass is 10.2. The van der Waals surface area contributed by atoms with E-state index in [-0.39, 0.29) is 6.61 Å². The highest BCUT2D eigenvalue weighted by Crippen LogP contribution is 2.32. The summed E-state index contributed by atoms with van der Waals surface area (Å²) in [4.78, 5) is 2.36. The average Bonchev–Trinajstić information content (AvgIpc) is 2.84. The van der Waals surface area contributed by atoms with Gasteiger partial charge in [-0.2, -0.15) is 0 Å². The van der Waals surface area contributed by atoms with Crippen LogP contribution in [0.15, 0.2) is 12.1 Å². The SMILES string of the molecule is OCc1cc(Cl)cc(Cl)c1OCCN1CCCC1. The number of benzene rings is 1. The molecule has 3 nitrogen and oxygen atoms in total. The first kappa shape index (κ1) is 13.9. The van der Waals surface area contributed by atoms with Crippen LogP contribution < -0.4 is 4.74 Å². The Morgan fingerprint density at radius 2 is 1.94 bits per heavy atom. The molecule has 1 aliphatic rings. The number of rotatable bonds is 5. The summed E-state index contributed by atoms with van der Waals surface area (Å²) in [6.07, 6.45) is 2.53. The number of halogens is 2. The van der Waals surface area contributed by atoms with Crippen LogP contribution in [0.3, 0.4) is 0 Å². The van der Waals surface area contributed by atoms with Crippen molar-refractivity contribution in [3.63, 3.8) is 0 Å². The fourth-order valence-electron chi connectivity index (χ4n) is 2.18. The first-order valence-corrected chi connectivity index (χ1v) is 6.90. The lowest BCUT2D eigenvalue weighted by molar-refractivity contribution is 0.227. The molecular formula is C13H17Cl2NO2. The molecule has 0 saturated carbocycles. The molecule has 0 bridgehead atoms. The van der Waals surface area contributed by atoms with Crippen molar-refractivity contribution in [2.75, 3.05) is 26.2 Å². The van der Waals surface area contributed by atoms with E-state index in [1.807, 2.05) is 0 Å². The highest BCUT2D eigenvalue weighted by molar-refractivity contribution is 6.35. The van der Waals surface area contributed by atoms with Crippen molar-refractivity contribution in [3.8, 4) is 5.75 Å². The number of aliphatic hydroxyl groups is 1. The van der Waals surface area contributed by atoms with Crippen molar-refractivity contribution >= 4 is 23.2 Å². The van der Waals surface area contributed by atoms with Crippen LogP contribution in [-0.2, 0) is 6.61 Å². The molecule has 1 aromatic carbocycles. The van der Waals surface area contributed by atoms with E-state index in [2.05, 4.69) is 4.90 Å². The first-order valence-electron chi connectivity index (χ1n) is 6.14. The van der Waals surface area contributed by atoms with E-state index in [0.717, 1.165) is 19.6 Å². The van der Waals surface area contributed by atoms with E-state index in [4.69, 9.17) is 27.9 Å². The predicted octanol–water partition coefficient (Wildman–Crippen LogP) is 2.96. The molecular weight excluding hydrogens is 273 g/mol. The van der Waals surface area contributed by atoms with Gasteiger partial charge in [0.2, 0.25) is 0 Å². The third-order valence-electron chi connectivity index (χ3n) is 3.11. The molecule has 0 aliphatic carbocycles. The molecule has 0 aromatic heterocycles. The third kappa shape index (κ3) is 3.51. The minimum atomic E-state index is -0.126. The summed E-state index contributed by atoms with van der Waals surface area (Å²) in [5, 5.41) is 10.2. The molecule has 0 unspecified atom stereocenters. The predicted molar refractivity (Wildman–Crippen MR) is 73.6 cm³/mol. The van der Waals surface area contributed by atoms with Gasteiger partial charge >= 0.3 is 0 Å². The molecule has 0 atom stereocenters. The third-order valence-corrected chi connectivity index (χ3v) is 3.61. The number of hydrogen-bond acceptors (Lipinski definition) is 3. The molecule has 0 amide bonds. The van der Waals surface area contributed by atoms with E-state index in [0.29, 0.717) is 28.0 Å². The van der Waals surface area contributed by atoms with Crippen molar-refractivity contribution in [2.24, 2.45) is 0 Å². The van der Waals surface area contributed by atoms with Gasteiger partial charge in [-0.1, -0.05) is 23.2 Å². The normalized spacial score (nSPS) is 16.2. The van der Waals surface area contributed by atoms with E-state index in [9.17, 15) is 5.11 Å². The highest BCUT2D eigenvalue weighted by Gasteiger charge is 2.13. The number of hydrogen-bond donors (Lipinski definition) is 1. The van der Waals surface area contributed by atoms with Crippen LogP contribution in [0.4, 0.5) is 0 Å². The molecule has 2 rings (SSSR count). The summed E-state index contributed by atoms with van der Waals surface area (Å²) in [7, 11) is 0. The Hall–Kier alpha value is -0.480. The molecule has 1 N–H and O–H groups in total. The fraction of sp³-hybridized carbons (Fsp3) is 0.538. The molecule has 1 heterocycles. The van der Waals surface area contributed by atoms with Gasteiger partial charge in [-0.15, -0.1) is 0 Å². The van der Waals surface area contributed by atoms with Crippen LogP contribution in [0, 0.1) is 0 Å².